The monoisotopic (exact) mass is 339 g/mol. The summed E-state index contributed by atoms with van der Waals surface area (Å²) >= 11 is 0. The number of nitrogens with zero attached hydrogens (tertiary/aromatic N) is 2. The van der Waals surface area contributed by atoms with Gasteiger partial charge in [-0.1, -0.05) is 44.2 Å². The van der Waals surface area contributed by atoms with Gasteiger partial charge in [0, 0.05) is 32.4 Å². The summed E-state index contributed by atoms with van der Waals surface area (Å²) in [4.78, 5) is 30.8. The molecule has 2 amide bonds. The van der Waals surface area contributed by atoms with Crippen molar-refractivity contribution < 1.29 is 9.59 Å². The molecule has 132 valence electrons. The first-order valence-corrected chi connectivity index (χ1v) is 8.45. The number of aromatic nitrogens is 1. The highest BCUT2D eigenvalue weighted by Gasteiger charge is 2.25. The summed E-state index contributed by atoms with van der Waals surface area (Å²) < 4.78 is 0. The Morgan fingerprint density at radius 2 is 1.72 bits per heavy atom. The Hall–Kier alpha value is -2.69. The molecule has 2 rings (SSSR count). The van der Waals surface area contributed by atoms with Crippen molar-refractivity contribution in [2.45, 2.75) is 32.9 Å². The molecule has 0 aliphatic carbocycles. The predicted molar refractivity (Wildman–Crippen MR) is 97.5 cm³/mol. The molecule has 1 atom stereocenters. The molecule has 0 fully saturated rings. The number of hydrogen-bond donors (Lipinski definition) is 1. The van der Waals surface area contributed by atoms with Gasteiger partial charge in [-0.15, -0.1) is 0 Å². The van der Waals surface area contributed by atoms with Gasteiger partial charge in [-0.05, 0) is 29.2 Å². The summed E-state index contributed by atoms with van der Waals surface area (Å²) in [5, 5.41) is 2.89. The Labute approximate surface area is 149 Å². The average Bonchev–Trinajstić information content (AvgIpc) is 2.60. The van der Waals surface area contributed by atoms with Gasteiger partial charge in [0.05, 0.1) is 0 Å². The summed E-state index contributed by atoms with van der Waals surface area (Å²) in [5.74, 6) is -0.0179. The number of carbonyl (C=O) groups excluding carboxylic acids is 2. The Morgan fingerprint density at radius 1 is 1.08 bits per heavy atom. The highest BCUT2D eigenvalue weighted by molar-refractivity contribution is 5.88. The Morgan fingerprint density at radius 3 is 2.32 bits per heavy atom. The first-order valence-electron chi connectivity index (χ1n) is 8.45. The van der Waals surface area contributed by atoms with Gasteiger partial charge in [0.1, 0.15) is 6.04 Å². The number of amides is 2. The Balaban J connectivity index is 2.16. The average molecular weight is 339 g/mol. The van der Waals surface area contributed by atoms with Crippen molar-refractivity contribution in [2.24, 2.45) is 5.92 Å². The summed E-state index contributed by atoms with van der Waals surface area (Å²) in [7, 11) is 1.74. The van der Waals surface area contributed by atoms with E-state index in [9.17, 15) is 9.59 Å². The van der Waals surface area contributed by atoms with E-state index in [0.29, 0.717) is 13.0 Å². The van der Waals surface area contributed by atoms with Crippen LogP contribution in [0.2, 0.25) is 0 Å². The first kappa shape index (κ1) is 18.6. The van der Waals surface area contributed by atoms with Crippen LogP contribution in [0.15, 0.2) is 54.9 Å². The predicted octanol–water partition coefficient (Wildman–Crippen LogP) is 2.94. The van der Waals surface area contributed by atoms with Gasteiger partial charge in [0.2, 0.25) is 11.8 Å². The van der Waals surface area contributed by atoms with E-state index in [1.807, 2.05) is 56.3 Å². The number of hydrogen-bond acceptors (Lipinski definition) is 3. The topological polar surface area (TPSA) is 62.3 Å². The van der Waals surface area contributed by atoms with Gasteiger partial charge in [-0.2, -0.15) is 0 Å². The van der Waals surface area contributed by atoms with Gasteiger partial charge in [0.15, 0.2) is 0 Å². The van der Waals surface area contributed by atoms with Gasteiger partial charge < -0.3 is 10.2 Å². The third kappa shape index (κ3) is 5.71. The fourth-order valence-corrected chi connectivity index (χ4v) is 2.58. The maximum absolute atomic E-state index is 13.0. The van der Waals surface area contributed by atoms with E-state index in [1.165, 1.54) is 0 Å². The lowest BCUT2D eigenvalue weighted by Crippen LogP contribution is -2.41. The van der Waals surface area contributed by atoms with Crippen molar-refractivity contribution in [3.05, 3.63) is 66.0 Å². The van der Waals surface area contributed by atoms with Gasteiger partial charge in [-0.25, -0.2) is 0 Å². The normalized spacial score (nSPS) is 11.8. The standard InChI is InChI=1S/C20H25N3O2/c1-15(2)13-18(24)22-19(17-7-5-4-6-8-17)20(25)23(3)14-16-9-11-21-12-10-16/h4-12,15,19H,13-14H2,1-3H3,(H,22,24)/t19-/m1/s1. The van der Waals surface area contributed by atoms with Gasteiger partial charge in [-0.3, -0.25) is 14.6 Å². The van der Waals surface area contributed by atoms with Crippen LogP contribution in [-0.4, -0.2) is 28.7 Å². The smallest absolute Gasteiger partial charge is 0.249 e. The van der Waals surface area contributed by atoms with Crippen molar-refractivity contribution in [2.75, 3.05) is 7.05 Å². The van der Waals surface area contributed by atoms with Gasteiger partial charge in [0.25, 0.3) is 0 Å². The van der Waals surface area contributed by atoms with Crippen LogP contribution >= 0.6 is 0 Å². The van der Waals surface area contributed by atoms with Crippen molar-refractivity contribution in [1.82, 2.24) is 15.2 Å². The van der Waals surface area contributed by atoms with Crippen LogP contribution in [0.1, 0.15) is 37.4 Å². The molecule has 1 aromatic carbocycles. The lowest BCUT2D eigenvalue weighted by molar-refractivity contribution is -0.136. The fourth-order valence-electron chi connectivity index (χ4n) is 2.58. The molecule has 2 aromatic rings. The first-order chi connectivity index (χ1) is 12.0. The molecule has 25 heavy (non-hydrogen) atoms. The van der Waals surface area contributed by atoms with E-state index in [-0.39, 0.29) is 17.7 Å². The summed E-state index contributed by atoms with van der Waals surface area (Å²) in [6, 6.07) is 12.4. The minimum Gasteiger partial charge on any atom is -0.341 e. The molecule has 1 N–H and O–H groups in total. The molecule has 0 bridgehead atoms. The summed E-state index contributed by atoms with van der Waals surface area (Å²) in [5.41, 5.74) is 1.78. The molecule has 1 aromatic heterocycles. The van der Waals surface area contributed by atoms with Crippen LogP contribution in [0.25, 0.3) is 0 Å². The van der Waals surface area contributed by atoms with E-state index in [2.05, 4.69) is 10.3 Å². The van der Waals surface area contributed by atoms with Crippen LogP contribution < -0.4 is 5.32 Å². The molecule has 0 aliphatic heterocycles. The minimum atomic E-state index is -0.681. The van der Waals surface area contributed by atoms with E-state index < -0.39 is 6.04 Å². The third-order valence-corrected chi connectivity index (χ3v) is 3.82. The summed E-state index contributed by atoms with van der Waals surface area (Å²) in [6.07, 6.45) is 3.80. The maximum Gasteiger partial charge on any atom is 0.249 e. The van der Waals surface area contributed by atoms with Crippen molar-refractivity contribution >= 4 is 11.8 Å². The molecular weight excluding hydrogens is 314 g/mol. The van der Waals surface area contributed by atoms with Crippen molar-refractivity contribution in [3.63, 3.8) is 0 Å². The molecule has 1 heterocycles. The van der Waals surface area contributed by atoms with Crippen LogP contribution in [0.4, 0.5) is 0 Å². The molecule has 0 unspecified atom stereocenters. The number of nitrogens with one attached hydrogen (secondary N) is 1. The van der Waals surface area contributed by atoms with Crippen LogP contribution in [-0.2, 0) is 16.1 Å². The number of carbonyl (C=O) groups is 2. The SMILES string of the molecule is CC(C)CC(=O)N[C@@H](C(=O)N(C)Cc1ccncc1)c1ccccc1. The zero-order valence-electron chi connectivity index (χ0n) is 15.0. The zero-order chi connectivity index (χ0) is 18.2. The largest absolute Gasteiger partial charge is 0.341 e. The van der Waals surface area contributed by atoms with Crippen LogP contribution in [0.5, 0.6) is 0 Å². The summed E-state index contributed by atoms with van der Waals surface area (Å²) in [6.45, 7) is 4.42. The van der Waals surface area contributed by atoms with E-state index in [1.54, 1.807) is 24.3 Å². The zero-order valence-corrected chi connectivity index (χ0v) is 15.0. The molecule has 0 saturated carbocycles. The number of likely N-dealkylation sites (N-methyl/N-ethyl adjacent to an activating group) is 1. The molecular formula is C20H25N3O2. The molecule has 5 heteroatoms. The van der Waals surface area contributed by atoms with Crippen LogP contribution in [0.3, 0.4) is 0 Å². The number of pyridine rings is 1. The molecule has 0 spiro atoms. The van der Waals surface area contributed by atoms with Crippen molar-refractivity contribution in [1.29, 1.82) is 0 Å². The van der Waals surface area contributed by atoms with Gasteiger partial charge >= 0.3 is 0 Å². The molecule has 0 saturated heterocycles. The second-order valence-electron chi connectivity index (χ2n) is 6.56. The van der Waals surface area contributed by atoms with E-state index in [4.69, 9.17) is 0 Å². The fraction of sp³-hybridized carbons (Fsp3) is 0.350. The van der Waals surface area contributed by atoms with E-state index in [0.717, 1.165) is 11.1 Å². The van der Waals surface area contributed by atoms with Crippen molar-refractivity contribution in [3.8, 4) is 0 Å². The minimum absolute atomic E-state index is 0.116. The number of rotatable bonds is 7. The number of benzene rings is 1. The molecule has 5 nitrogen and oxygen atoms in total. The Kier molecular flexibility index (Phi) is 6.69. The second kappa shape index (κ2) is 8.97. The maximum atomic E-state index is 13.0. The second-order valence-corrected chi connectivity index (χ2v) is 6.56. The lowest BCUT2D eigenvalue weighted by Gasteiger charge is -2.25. The highest BCUT2D eigenvalue weighted by atomic mass is 16.2. The van der Waals surface area contributed by atoms with E-state index >= 15 is 0 Å². The molecule has 0 aliphatic rings. The van der Waals surface area contributed by atoms with Crippen LogP contribution in [0, 0.1) is 5.92 Å². The highest BCUT2D eigenvalue weighted by Crippen LogP contribution is 2.17. The Bertz CT molecular complexity index is 687. The third-order valence-electron chi connectivity index (χ3n) is 3.82. The lowest BCUT2D eigenvalue weighted by atomic mass is 10.0. The quantitative estimate of drug-likeness (QED) is 0.843. The molecule has 0 radical (unpaired) electrons.